The highest BCUT2D eigenvalue weighted by molar-refractivity contribution is 5.17. The topological polar surface area (TPSA) is 23.5 Å². The van der Waals surface area contributed by atoms with Crippen LogP contribution >= 0.6 is 0 Å². The number of fused-ring (bicyclic) bond motifs is 1. The maximum atomic E-state index is 9.67. The van der Waals surface area contributed by atoms with Crippen molar-refractivity contribution in [1.29, 1.82) is 0 Å². The van der Waals surface area contributed by atoms with Crippen molar-refractivity contribution in [1.82, 2.24) is 4.90 Å². The minimum Gasteiger partial charge on any atom is -0.389 e. The van der Waals surface area contributed by atoms with Crippen LogP contribution in [0, 0.1) is 11.8 Å². The average molecular weight is 181 g/mol. The van der Waals surface area contributed by atoms with Crippen LogP contribution in [-0.2, 0) is 0 Å². The van der Waals surface area contributed by atoms with Gasteiger partial charge in [0.25, 0.3) is 0 Å². The van der Waals surface area contributed by atoms with Crippen molar-refractivity contribution in [3.63, 3.8) is 0 Å². The number of hydrogen-bond acceptors (Lipinski definition) is 2. The molecule has 0 aromatic carbocycles. The Bertz CT molecular complexity index is 224. The second-order valence-electron chi connectivity index (χ2n) is 4.38. The Hall–Kier alpha value is -0.500. The number of aliphatic hydroxyl groups excluding tert-OH is 1. The monoisotopic (exact) mass is 181 g/mol. The second kappa shape index (κ2) is 3.33. The summed E-state index contributed by atoms with van der Waals surface area (Å²) in [6.45, 7) is 3.40. The molecule has 1 N–H and O–H groups in total. The lowest BCUT2D eigenvalue weighted by molar-refractivity contribution is 0.149. The van der Waals surface area contributed by atoms with Gasteiger partial charge in [-0.25, -0.2) is 0 Å². The van der Waals surface area contributed by atoms with E-state index in [0.29, 0.717) is 5.92 Å². The zero-order valence-corrected chi connectivity index (χ0v) is 8.53. The highest BCUT2D eigenvalue weighted by atomic mass is 16.3. The normalized spacial score (nSPS) is 38.8. The SMILES string of the molecule is CCC1CC(O)C=C2C1CCN2C. The van der Waals surface area contributed by atoms with Gasteiger partial charge < -0.3 is 10.0 Å². The van der Waals surface area contributed by atoms with Crippen LogP contribution in [0.15, 0.2) is 11.8 Å². The molecule has 3 unspecified atom stereocenters. The molecule has 74 valence electrons. The van der Waals surface area contributed by atoms with E-state index in [1.165, 1.54) is 25.1 Å². The molecule has 2 rings (SSSR count). The van der Waals surface area contributed by atoms with Crippen LogP contribution in [0.2, 0.25) is 0 Å². The van der Waals surface area contributed by atoms with Crippen LogP contribution in [0.3, 0.4) is 0 Å². The highest BCUT2D eigenvalue weighted by Crippen LogP contribution is 2.40. The van der Waals surface area contributed by atoms with Gasteiger partial charge in [0, 0.05) is 25.2 Å². The zero-order chi connectivity index (χ0) is 9.42. The van der Waals surface area contributed by atoms with Crippen molar-refractivity contribution in [2.45, 2.75) is 32.3 Å². The average Bonchev–Trinajstić information content (AvgIpc) is 2.47. The molecule has 0 spiro atoms. The van der Waals surface area contributed by atoms with E-state index in [0.717, 1.165) is 12.3 Å². The fourth-order valence-corrected chi connectivity index (χ4v) is 2.81. The Morgan fingerprint density at radius 1 is 1.62 bits per heavy atom. The summed E-state index contributed by atoms with van der Waals surface area (Å²) in [6.07, 6.45) is 5.32. The molecule has 0 radical (unpaired) electrons. The van der Waals surface area contributed by atoms with Gasteiger partial charge >= 0.3 is 0 Å². The molecule has 2 heteroatoms. The fourth-order valence-electron chi connectivity index (χ4n) is 2.81. The summed E-state index contributed by atoms with van der Waals surface area (Å²) in [7, 11) is 2.14. The maximum Gasteiger partial charge on any atom is 0.0743 e. The molecular formula is C11H19NO. The predicted octanol–water partition coefficient (Wildman–Crippen LogP) is 1.61. The summed E-state index contributed by atoms with van der Waals surface area (Å²) in [4.78, 5) is 2.30. The highest BCUT2D eigenvalue weighted by Gasteiger charge is 2.35. The predicted molar refractivity (Wildman–Crippen MR) is 53.2 cm³/mol. The molecule has 1 heterocycles. The van der Waals surface area contributed by atoms with E-state index in [2.05, 4.69) is 24.9 Å². The van der Waals surface area contributed by atoms with Crippen molar-refractivity contribution < 1.29 is 5.11 Å². The third-order valence-corrected chi connectivity index (χ3v) is 3.60. The van der Waals surface area contributed by atoms with E-state index in [1.807, 2.05) is 0 Å². The Balaban J connectivity index is 2.22. The van der Waals surface area contributed by atoms with Crippen LogP contribution in [-0.4, -0.2) is 29.7 Å². The molecular weight excluding hydrogens is 162 g/mol. The maximum absolute atomic E-state index is 9.67. The van der Waals surface area contributed by atoms with E-state index in [-0.39, 0.29) is 6.10 Å². The largest absolute Gasteiger partial charge is 0.389 e. The minimum atomic E-state index is -0.197. The molecule has 0 aromatic heterocycles. The van der Waals surface area contributed by atoms with Crippen LogP contribution < -0.4 is 0 Å². The Morgan fingerprint density at radius 2 is 2.38 bits per heavy atom. The van der Waals surface area contributed by atoms with Gasteiger partial charge in [-0.1, -0.05) is 13.3 Å². The van der Waals surface area contributed by atoms with Gasteiger partial charge in [-0.15, -0.1) is 0 Å². The van der Waals surface area contributed by atoms with Gasteiger partial charge in [-0.2, -0.15) is 0 Å². The minimum absolute atomic E-state index is 0.197. The van der Waals surface area contributed by atoms with Gasteiger partial charge in [0.2, 0.25) is 0 Å². The molecule has 1 aliphatic heterocycles. The molecule has 2 nitrogen and oxygen atoms in total. The lowest BCUT2D eigenvalue weighted by Gasteiger charge is -2.31. The number of likely N-dealkylation sites (tertiary alicyclic amines) is 1. The molecule has 0 aromatic rings. The van der Waals surface area contributed by atoms with E-state index in [9.17, 15) is 5.11 Å². The molecule has 0 amide bonds. The molecule has 1 aliphatic carbocycles. The van der Waals surface area contributed by atoms with E-state index in [1.54, 1.807) is 0 Å². The summed E-state index contributed by atoms with van der Waals surface area (Å²) in [6, 6.07) is 0. The number of rotatable bonds is 1. The van der Waals surface area contributed by atoms with Crippen molar-refractivity contribution in [2.24, 2.45) is 11.8 Å². The van der Waals surface area contributed by atoms with Crippen LogP contribution in [0.1, 0.15) is 26.2 Å². The molecule has 13 heavy (non-hydrogen) atoms. The number of aliphatic hydroxyl groups is 1. The molecule has 1 fully saturated rings. The van der Waals surface area contributed by atoms with E-state index >= 15 is 0 Å². The summed E-state index contributed by atoms with van der Waals surface area (Å²) >= 11 is 0. The van der Waals surface area contributed by atoms with E-state index in [4.69, 9.17) is 0 Å². The molecule has 2 aliphatic rings. The quantitative estimate of drug-likeness (QED) is 0.664. The summed E-state index contributed by atoms with van der Waals surface area (Å²) in [5, 5.41) is 9.67. The fraction of sp³-hybridized carbons (Fsp3) is 0.818. The van der Waals surface area contributed by atoms with Crippen molar-refractivity contribution >= 4 is 0 Å². The summed E-state index contributed by atoms with van der Waals surface area (Å²) in [5.74, 6) is 1.44. The first-order valence-electron chi connectivity index (χ1n) is 5.33. The number of nitrogens with zero attached hydrogens (tertiary/aromatic N) is 1. The smallest absolute Gasteiger partial charge is 0.0743 e. The standard InChI is InChI=1S/C11H19NO/c1-3-8-6-9(13)7-11-10(8)4-5-12(11)2/h7-10,13H,3-6H2,1-2H3. The first kappa shape index (κ1) is 9.07. The summed E-state index contributed by atoms with van der Waals surface area (Å²) in [5.41, 5.74) is 1.39. The van der Waals surface area contributed by atoms with Crippen LogP contribution in [0.25, 0.3) is 0 Å². The van der Waals surface area contributed by atoms with E-state index < -0.39 is 0 Å². The van der Waals surface area contributed by atoms with Crippen molar-refractivity contribution in [3.8, 4) is 0 Å². The van der Waals surface area contributed by atoms with Gasteiger partial charge in [0.1, 0.15) is 0 Å². The first-order chi connectivity index (χ1) is 6.22. The van der Waals surface area contributed by atoms with Gasteiger partial charge in [-0.05, 0) is 24.8 Å². The van der Waals surface area contributed by atoms with Gasteiger partial charge in [-0.3, -0.25) is 0 Å². The van der Waals surface area contributed by atoms with Crippen molar-refractivity contribution in [3.05, 3.63) is 11.8 Å². The molecule has 1 saturated heterocycles. The van der Waals surface area contributed by atoms with Gasteiger partial charge in [0.15, 0.2) is 0 Å². The Kier molecular flexibility index (Phi) is 2.33. The third-order valence-electron chi connectivity index (χ3n) is 3.60. The van der Waals surface area contributed by atoms with Gasteiger partial charge in [0.05, 0.1) is 6.10 Å². The third kappa shape index (κ3) is 1.48. The number of allylic oxidation sites excluding steroid dienone is 1. The Morgan fingerprint density at radius 3 is 3.08 bits per heavy atom. The second-order valence-corrected chi connectivity index (χ2v) is 4.38. The molecule has 3 atom stereocenters. The first-order valence-corrected chi connectivity index (χ1v) is 5.33. The Labute approximate surface area is 80.2 Å². The zero-order valence-electron chi connectivity index (χ0n) is 8.53. The lowest BCUT2D eigenvalue weighted by atomic mass is 9.79. The van der Waals surface area contributed by atoms with Crippen LogP contribution in [0.5, 0.6) is 0 Å². The van der Waals surface area contributed by atoms with Crippen molar-refractivity contribution in [2.75, 3.05) is 13.6 Å². The molecule has 0 saturated carbocycles. The number of hydrogen-bond donors (Lipinski definition) is 1. The lowest BCUT2D eigenvalue weighted by Crippen LogP contribution is -2.27. The molecule has 0 bridgehead atoms. The van der Waals surface area contributed by atoms with Crippen LogP contribution in [0.4, 0.5) is 0 Å². The summed E-state index contributed by atoms with van der Waals surface area (Å²) < 4.78 is 0.